The van der Waals surface area contributed by atoms with E-state index in [1.807, 2.05) is 0 Å². The topological polar surface area (TPSA) is 49.4 Å². The number of hydrogen-bond acceptors (Lipinski definition) is 2. The standard InChI is InChI=1S/C8H14N2O2/c1-10(2)8(12)6-3-4-7(11)9-5-6/h6H,3-5H2,1-2H3,(H,9,11). The van der Waals surface area contributed by atoms with E-state index >= 15 is 0 Å². The molecule has 4 heteroatoms. The van der Waals surface area contributed by atoms with E-state index < -0.39 is 0 Å². The Morgan fingerprint density at radius 2 is 2.25 bits per heavy atom. The molecule has 68 valence electrons. The predicted octanol–water partition coefficient (Wildman–Crippen LogP) is -0.399. The van der Waals surface area contributed by atoms with Gasteiger partial charge in [0.05, 0.1) is 5.92 Å². The summed E-state index contributed by atoms with van der Waals surface area (Å²) in [5.41, 5.74) is 0. The molecule has 1 atom stereocenters. The van der Waals surface area contributed by atoms with Gasteiger partial charge in [0.1, 0.15) is 0 Å². The molecule has 0 spiro atoms. The van der Waals surface area contributed by atoms with Crippen molar-refractivity contribution in [3.05, 3.63) is 0 Å². The third kappa shape index (κ3) is 1.96. The summed E-state index contributed by atoms with van der Waals surface area (Å²) in [6.45, 7) is 0.496. The smallest absolute Gasteiger partial charge is 0.226 e. The Morgan fingerprint density at radius 3 is 2.67 bits per heavy atom. The summed E-state index contributed by atoms with van der Waals surface area (Å²) in [5.74, 6) is 0.144. The van der Waals surface area contributed by atoms with Crippen molar-refractivity contribution < 1.29 is 9.59 Å². The molecule has 1 N–H and O–H groups in total. The number of rotatable bonds is 1. The van der Waals surface area contributed by atoms with E-state index in [0.29, 0.717) is 19.4 Å². The zero-order chi connectivity index (χ0) is 9.14. The molecule has 0 saturated carbocycles. The maximum Gasteiger partial charge on any atom is 0.226 e. The second-order valence-electron chi connectivity index (χ2n) is 3.27. The van der Waals surface area contributed by atoms with Gasteiger partial charge in [-0.2, -0.15) is 0 Å². The van der Waals surface area contributed by atoms with Crippen LogP contribution in [0, 0.1) is 5.92 Å². The molecule has 0 aromatic rings. The molecule has 1 unspecified atom stereocenters. The summed E-state index contributed by atoms with van der Waals surface area (Å²) >= 11 is 0. The quantitative estimate of drug-likeness (QED) is 0.582. The highest BCUT2D eigenvalue weighted by atomic mass is 16.2. The Hall–Kier alpha value is -1.06. The highest BCUT2D eigenvalue weighted by molar-refractivity contribution is 5.83. The van der Waals surface area contributed by atoms with Gasteiger partial charge in [-0.1, -0.05) is 0 Å². The molecule has 1 saturated heterocycles. The summed E-state index contributed by atoms with van der Waals surface area (Å²) in [6, 6.07) is 0. The van der Waals surface area contributed by atoms with Crippen molar-refractivity contribution in [2.45, 2.75) is 12.8 Å². The molecule has 4 nitrogen and oxygen atoms in total. The molecule has 0 aromatic heterocycles. The maximum atomic E-state index is 11.4. The second-order valence-corrected chi connectivity index (χ2v) is 3.27. The Balaban J connectivity index is 2.44. The summed E-state index contributed by atoms with van der Waals surface area (Å²) < 4.78 is 0. The Morgan fingerprint density at radius 1 is 1.58 bits per heavy atom. The fourth-order valence-corrected chi connectivity index (χ4v) is 1.31. The molecule has 1 heterocycles. The second kappa shape index (κ2) is 3.56. The number of nitrogens with one attached hydrogen (secondary N) is 1. The molecule has 0 bridgehead atoms. The van der Waals surface area contributed by atoms with E-state index in [9.17, 15) is 9.59 Å². The van der Waals surface area contributed by atoms with Crippen LogP contribution in [0.3, 0.4) is 0 Å². The lowest BCUT2D eigenvalue weighted by Gasteiger charge is -2.24. The van der Waals surface area contributed by atoms with Crippen LogP contribution in [0.25, 0.3) is 0 Å². The van der Waals surface area contributed by atoms with Gasteiger partial charge in [-0.15, -0.1) is 0 Å². The van der Waals surface area contributed by atoms with Crippen molar-refractivity contribution in [1.82, 2.24) is 10.2 Å². The van der Waals surface area contributed by atoms with Gasteiger partial charge in [-0.05, 0) is 6.42 Å². The van der Waals surface area contributed by atoms with Gasteiger partial charge < -0.3 is 10.2 Å². The number of carbonyl (C=O) groups is 2. The molecular weight excluding hydrogens is 156 g/mol. The van der Waals surface area contributed by atoms with Gasteiger partial charge >= 0.3 is 0 Å². The summed E-state index contributed by atoms with van der Waals surface area (Å²) in [7, 11) is 3.47. The minimum atomic E-state index is -0.0160. The van der Waals surface area contributed by atoms with E-state index in [4.69, 9.17) is 0 Å². The van der Waals surface area contributed by atoms with Crippen LogP contribution in [0.15, 0.2) is 0 Å². The zero-order valence-electron chi connectivity index (χ0n) is 7.46. The summed E-state index contributed by atoms with van der Waals surface area (Å²) in [5, 5.41) is 2.68. The minimum Gasteiger partial charge on any atom is -0.355 e. The Kier molecular flexibility index (Phi) is 2.68. The molecule has 12 heavy (non-hydrogen) atoms. The van der Waals surface area contributed by atoms with Gasteiger partial charge in [-0.25, -0.2) is 0 Å². The minimum absolute atomic E-state index is 0.0160. The number of nitrogens with zero attached hydrogens (tertiary/aromatic N) is 1. The van der Waals surface area contributed by atoms with Gasteiger partial charge in [0, 0.05) is 27.1 Å². The van der Waals surface area contributed by atoms with Gasteiger partial charge in [0.2, 0.25) is 11.8 Å². The first kappa shape index (κ1) is 9.03. The third-order valence-electron chi connectivity index (χ3n) is 2.06. The lowest BCUT2D eigenvalue weighted by Crippen LogP contribution is -2.42. The van der Waals surface area contributed by atoms with Gasteiger partial charge in [0.25, 0.3) is 0 Å². The van der Waals surface area contributed by atoms with Crippen LogP contribution < -0.4 is 5.32 Å². The van der Waals surface area contributed by atoms with Crippen LogP contribution >= 0.6 is 0 Å². The fraction of sp³-hybridized carbons (Fsp3) is 0.750. The van der Waals surface area contributed by atoms with Crippen LogP contribution in [-0.4, -0.2) is 37.4 Å². The predicted molar refractivity (Wildman–Crippen MR) is 44.4 cm³/mol. The third-order valence-corrected chi connectivity index (χ3v) is 2.06. The SMILES string of the molecule is CN(C)C(=O)C1CCC(=O)NC1. The molecular formula is C8H14N2O2. The van der Waals surface area contributed by atoms with Crippen LogP contribution in [0.4, 0.5) is 0 Å². The molecule has 1 rings (SSSR count). The van der Waals surface area contributed by atoms with Crippen LogP contribution in [0.5, 0.6) is 0 Å². The number of hydrogen-bond donors (Lipinski definition) is 1. The van der Waals surface area contributed by atoms with Crippen molar-refractivity contribution in [1.29, 1.82) is 0 Å². The van der Waals surface area contributed by atoms with E-state index in [1.54, 1.807) is 19.0 Å². The Bertz CT molecular complexity index is 191. The largest absolute Gasteiger partial charge is 0.355 e. The zero-order valence-corrected chi connectivity index (χ0v) is 7.46. The highest BCUT2D eigenvalue weighted by Gasteiger charge is 2.25. The van der Waals surface area contributed by atoms with Crippen LogP contribution in [-0.2, 0) is 9.59 Å². The highest BCUT2D eigenvalue weighted by Crippen LogP contribution is 2.12. The lowest BCUT2D eigenvalue weighted by molar-refractivity contribution is -0.135. The van der Waals surface area contributed by atoms with Crippen molar-refractivity contribution >= 4 is 11.8 Å². The first-order chi connectivity index (χ1) is 5.61. The number of carbonyl (C=O) groups excluding carboxylic acids is 2. The van der Waals surface area contributed by atoms with Crippen LogP contribution in [0.1, 0.15) is 12.8 Å². The van der Waals surface area contributed by atoms with Crippen molar-refractivity contribution in [2.75, 3.05) is 20.6 Å². The van der Waals surface area contributed by atoms with E-state index in [-0.39, 0.29) is 17.7 Å². The van der Waals surface area contributed by atoms with E-state index in [1.165, 1.54) is 0 Å². The average molecular weight is 170 g/mol. The molecule has 2 amide bonds. The fourth-order valence-electron chi connectivity index (χ4n) is 1.31. The van der Waals surface area contributed by atoms with Gasteiger partial charge in [0.15, 0.2) is 0 Å². The summed E-state index contributed by atoms with van der Waals surface area (Å²) in [4.78, 5) is 23.7. The van der Waals surface area contributed by atoms with Crippen LogP contribution in [0.2, 0.25) is 0 Å². The first-order valence-corrected chi connectivity index (χ1v) is 4.09. The van der Waals surface area contributed by atoms with Crippen molar-refractivity contribution in [3.8, 4) is 0 Å². The summed E-state index contributed by atoms with van der Waals surface area (Å²) in [6.07, 6.45) is 1.16. The van der Waals surface area contributed by atoms with E-state index in [0.717, 1.165) is 0 Å². The maximum absolute atomic E-state index is 11.4. The number of piperidine rings is 1. The molecule has 1 aliphatic rings. The Labute approximate surface area is 71.9 Å². The molecule has 0 aliphatic carbocycles. The lowest BCUT2D eigenvalue weighted by atomic mass is 9.98. The first-order valence-electron chi connectivity index (χ1n) is 4.09. The van der Waals surface area contributed by atoms with Gasteiger partial charge in [-0.3, -0.25) is 9.59 Å². The molecule has 1 fully saturated rings. The van der Waals surface area contributed by atoms with E-state index in [2.05, 4.69) is 5.32 Å². The van der Waals surface area contributed by atoms with Crippen molar-refractivity contribution in [3.63, 3.8) is 0 Å². The number of amides is 2. The normalized spacial score (nSPS) is 23.2. The van der Waals surface area contributed by atoms with Crippen molar-refractivity contribution in [2.24, 2.45) is 5.92 Å². The monoisotopic (exact) mass is 170 g/mol. The average Bonchev–Trinajstić information content (AvgIpc) is 2.04. The molecule has 1 aliphatic heterocycles. The molecule has 0 radical (unpaired) electrons. The molecule has 0 aromatic carbocycles.